The molecule has 4 heteroatoms. The van der Waals surface area contributed by atoms with Crippen molar-refractivity contribution in [3.8, 4) is 0 Å². The van der Waals surface area contributed by atoms with Gasteiger partial charge in [0.05, 0.1) is 11.6 Å². The van der Waals surface area contributed by atoms with Crippen LogP contribution in [0, 0.1) is 0 Å². The molecule has 4 nitrogen and oxygen atoms in total. The zero-order valence-corrected chi connectivity index (χ0v) is 9.43. The van der Waals surface area contributed by atoms with Gasteiger partial charge >= 0.3 is 0 Å². The van der Waals surface area contributed by atoms with Crippen LogP contribution < -0.4 is 5.73 Å². The van der Waals surface area contributed by atoms with Crippen molar-refractivity contribution in [1.29, 1.82) is 0 Å². The van der Waals surface area contributed by atoms with E-state index in [-0.39, 0.29) is 6.04 Å². The summed E-state index contributed by atoms with van der Waals surface area (Å²) in [6.45, 7) is 2.02. The van der Waals surface area contributed by atoms with Crippen molar-refractivity contribution in [3.63, 3.8) is 0 Å². The van der Waals surface area contributed by atoms with E-state index < -0.39 is 0 Å². The number of hydrogen-bond acceptors (Lipinski definition) is 3. The molecule has 16 heavy (non-hydrogen) atoms. The van der Waals surface area contributed by atoms with Crippen LogP contribution in [0.2, 0.25) is 0 Å². The molecule has 1 saturated carbocycles. The van der Waals surface area contributed by atoms with E-state index in [0.29, 0.717) is 6.04 Å². The predicted octanol–water partition coefficient (Wildman–Crippen LogP) is 1.66. The third-order valence-electron chi connectivity index (χ3n) is 3.02. The molecule has 2 N–H and O–H groups in total. The average molecular weight is 216 g/mol. The maximum Gasteiger partial charge on any atom is 0.116 e. The van der Waals surface area contributed by atoms with Crippen LogP contribution in [0.15, 0.2) is 18.2 Å². The molecular formula is C12H16N4. The Labute approximate surface area is 94.4 Å². The summed E-state index contributed by atoms with van der Waals surface area (Å²) in [5.41, 5.74) is 9.22. The maximum atomic E-state index is 5.84. The van der Waals surface area contributed by atoms with E-state index in [0.717, 1.165) is 17.5 Å². The third-order valence-corrected chi connectivity index (χ3v) is 3.02. The van der Waals surface area contributed by atoms with Gasteiger partial charge in [-0.3, -0.25) is 0 Å². The van der Waals surface area contributed by atoms with Crippen molar-refractivity contribution in [2.75, 3.05) is 0 Å². The lowest BCUT2D eigenvalue weighted by Gasteiger charge is -2.05. The molecular weight excluding hydrogens is 200 g/mol. The maximum absolute atomic E-state index is 5.84. The minimum atomic E-state index is 0.164. The molecule has 1 aromatic carbocycles. The van der Waals surface area contributed by atoms with E-state index in [1.54, 1.807) is 0 Å². The quantitative estimate of drug-likeness (QED) is 0.848. The van der Waals surface area contributed by atoms with Crippen LogP contribution in [0.5, 0.6) is 0 Å². The first-order valence-electron chi connectivity index (χ1n) is 5.84. The van der Waals surface area contributed by atoms with Gasteiger partial charge in [0, 0.05) is 6.04 Å². The molecule has 0 bridgehead atoms. The summed E-state index contributed by atoms with van der Waals surface area (Å²) >= 11 is 0. The lowest BCUT2D eigenvalue weighted by Crippen LogP contribution is -2.17. The smallest absolute Gasteiger partial charge is 0.116 e. The normalized spacial score (nSPS) is 17.9. The van der Waals surface area contributed by atoms with E-state index in [9.17, 15) is 0 Å². The Kier molecular flexibility index (Phi) is 2.17. The molecule has 84 valence electrons. The van der Waals surface area contributed by atoms with Gasteiger partial charge in [-0.2, -0.15) is 0 Å². The van der Waals surface area contributed by atoms with Crippen LogP contribution in [0.1, 0.15) is 31.4 Å². The molecule has 1 unspecified atom stereocenters. The highest BCUT2D eigenvalue weighted by Crippen LogP contribution is 2.36. The number of rotatable bonds is 3. The number of hydrogen-bond donors (Lipinski definition) is 1. The first-order valence-corrected chi connectivity index (χ1v) is 5.84. The summed E-state index contributed by atoms with van der Waals surface area (Å²) < 4.78 is 2.06. The molecule has 1 heterocycles. The molecule has 0 spiro atoms. The predicted molar refractivity (Wildman–Crippen MR) is 63.2 cm³/mol. The van der Waals surface area contributed by atoms with Crippen LogP contribution in [0.3, 0.4) is 0 Å². The van der Waals surface area contributed by atoms with Gasteiger partial charge in [0.15, 0.2) is 0 Å². The molecule has 1 atom stereocenters. The highest BCUT2D eigenvalue weighted by molar-refractivity contribution is 5.78. The first kappa shape index (κ1) is 9.78. The van der Waals surface area contributed by atoms with Gasteiger partial charge in [0.2, 0.25) is 0 Å². The minimum Gasteiger partial charge on any atom is -0.328 e. The summed E-state index contributed by atoms with van der Waals surface area (Å²) in [5.74, 6) is 0. The van der Waals surface area contributed by atoms with Gasteiger partial charge in [0.25, 0.3) is 0 Å². The van der Waals surface area contributed by atoms with Gasteiger partial charge in [0.1, 0.15) is 5.52 Å². The zero-order chi connectivity index (χ0) is 11.1. The number of nitrogens with two attached hydrogens (primary N) is 1. The highest BCUT2D eigenvalue weighted by atomic mass is 15.4. The summed E-state index contributed by atoms with van der Waals surface area (Å²) in [7, 11) is 0. The van der Waals surface area contributed by atoms with Crippen molar-refractivity contribution in [2.24, 2.45) is 5.73 Å². The van der Waals surface area contributed by atoms with Crippen molar-refractivity contribution >= 4 is 11.0 Å². The Morgan fingerprint density at radius 2 is 2.31 bits per heavy atom. The molecule has 0 amide bonds. The van der Waals surface area contributed by atoms with Crippen LogP contribution in [0.4, 0.5) is 0 Å². The fourth-order valence-corrected chi connectivity index (χ4v) is 2.12. The van der Waals surface area contributed by atoms with E-state index in [1.165, 1.54) is 18.4 Å². The second-order valence-corrected chi connectivity index (χ2v) is 4.73. The van der Waals surface area contributed by atoms with Crippen molar-refractivity contribution in [1.82, 2.24) is 15.0 Å². The lowest BCUT2D eigenvalue weighted by molar-refractivity contribution is 0.630. The number of fused-ring (bicyclic) bond motifs is 1. The molecule has 3 rings (SSSR count). The number of benzene rings is 1. The third kappa shape index (κ3) is 1.59. The Morgan fingerprint density at radius 1 is 1.50 bits per heavy atom. The fraction of sp³-hybridized carbons (Fsp3) is 0.500. The van der Waals surface area contributed by atoms with Gasteiger partial charge in [-0.1, -0.05) is 17.3 Å². The van der Waals surface area contributed by atoms with E-state index in [4.69, 9.17) is 5.73 Å². The molecule has 0 saturated heterocycles. The van der Waals surface area contributed by atoms with Gasteiger partial charge < -0.3 is 5.73 Å². The van der Waals surface area contributed by atoms with Crippen LogP contribution in [0.25, 0.3) is 11.0 Å². The van der Waals surface area contributed by atoms with Gasteiger partial charge in [-0.25, -0.2) is 4.68 Å². The lowest BCUT2D eigenvalue weighted by atomic mass is 10.1. The number of aromatic nitrogens is 3. The molecule has 1 aliphatic rings. The summed E-state index contributed by atoms with van der Waals surface area (Å²) in [6.07, 6.45) is 3.33. The summed E-state index contributed by atoms with van der Waals surface area (Å²) in [5, 5.41) is 8.54. The molecule has 0 radical (unpaired) electrons. The van der Waals surface area contributed by atoms with Gasteiger partial charge in [-0.15, -0.1) is 5.10 Å². The second-order valence-electron chi connectivity index (χ2n) is 4.73. The van der Waals surface area contributed by atoms with Crippen LogP contribution in [-0.4, -0.2) is 21.0 Å². The minimum absolute atomic E-state index is 0.164. The largest absolute Gasteiger partial charge is 0.328 e. The Bertz CT molecular complexity index is 511. The summed E-state index contributed by atoms with van der Waals surface area (Å²) in [6, 6.07) is 7.00. The zero-order valence-electron chi connectivity index (χ0n) is 9.43. The van der Waals surface area contributed by atoms with Crippen LogP contribution in [-0.2, 0) is 6.42 Å². The monoisotopic (exact) mass is 216 g/mol. The standard InChI is InChI=1S/C12H16N4/c1-8(13)7-9-3-2-4-11-12(9)14-15-16(11)10-5-6-10/h2-4,8,10H,5-7,13H2,1H3. The van der Waals surface area contributed by atoms with Crippen LogP contribution >= 0.6 is 0 Å². The molecule has 2 aromatic rings. The number of nitrogens with zero attached hydrogens (tertiary/aromatic N) is 3. The molecule has 0 aliphatic heterocycles. The molecule has 1 fully saturated rings. The molecule has 1 aliphatic carbocycles. The van der Waals surface area contributed by atoms with E-state index in [2.05, 4.69) is 33.2 Å². The SMILES string of the molecule is CC(N)Cc1cccc2c1nnn2C1CC1. The van der Waals surface area contributed by atoms with Crippen molar-refractivity contribution < 1.29 is 0 Å². The van der Waals surface area contributed by atoms with Crippen molar-refractivity contribution in [3.05, 3.63) is 23.8 Å². The Balaban J connectivity index is 2.09. The van der Waals surface area contributed by atoms with E-state index >= 15 is 0 Å². The second kappa shape index (κ2) is 3.56. The average Bonchev–Trinajstić information content (AvgIpc) is 2.98. The topological polar surface area (TPSA) is 56.7 Å². The Hall–Kier alpha value is -1.42. The highest BCUT2D eigenvalue weighted by Gasteiger charge is 2.26. The van der Waals surface area contributed by atoms with Crippen molar-refractivity contribution in [2.45, 2.75) is 38.3 Å². The molecule has 1 aromatic heterocycles. The fourth-order valence-electron chi connectivity index (χ4n) is 2.12. The first-order chi connectivity index (χ1) is 7.75. The van der Waals surface area contributed by atoms with E-state index in [1.807, 2.05) is 6.92 Å². The Morgan fingerprint density at radius 3 is 3.00 bits per heavy atom. The summed E-state index contributed by atoms with van der Waals surface area (Å²) in [4.78, 5) is 0. The van der Waals surface area contributed by atoms with Gasteiger partial charge in [-0.05, 0) is 37.8 Å².